The van der Waals surface area contributed by atoms with Crippen molar-refractivity contribution in [2.45, 2.75) is 0 Å². The van der Waals surface area contributed by atoms with Gasteiger partial charge in [-0.15, -0.1) is 0 Å². The van der Waals surface area contributed by atoms with Gasteiger partial charge in [-0.1, -0.05) is 157 Å². The fraction of sp³-hybridized carbons (Fsp3) is 0. The van der Waals surface area contributed by atoms with Gasteiger partial charge in [0.1, 0.15) is 0 Å². The van der Waals surface area contributed by atoms with Crippen molar-refractivity contribution in [3.8, 4) is 33.4 Å². The van der Waals surface area contributed by atoms with Crippen LogP contribution in [0.4, 0.5) is 0 Å². The van der Waals surface area contributed by atoms with E-state index in [1.165, 1.54) is 0 Å². The summed E-state index contributed by atoms with van der Waals surface area (Å²) in [4.78, 5) is 0. The SMILES string of the molecule is [2H]c1c([2H])c([2H])c(-c2c([2H])c([2H])c3c(-c4c([2H])c5c([2H])c([2H])c([2H])c([2H])c5c5c([2H])c([2H])c([2H])c([2H])c45)c4c([2H])c([2H])c([2H])c([2H])c4c(-c4c([2H])c([2H])c([2H])c5c([2H])c([2H])c([2H])c([2H])c45)c3c2[2H])c([2H])c1[2H]. The quantitative estimate of drug-likeness (QED) is 0.143. The molecule has 9 aromatic rings. The van der Waals surface area contributed by atoms with E-state index >= 15 is 0 Å². The second-order valence-corrected chi connectivity index (χ2v) is 9.50. The highest BCUT2D eigenvalue weighted by Crippen LogP contribution is 2.48. The van der Waals surface area contributed by atoms with E-state index in [-0.39, 0.29) is 0 Å². The molecule has 0 aliphatic rings. The summed E-state index contributed by atoms with van der Waals surface area (Å²) in [5, 5.41) is -7.36. The lowest BCUT2D eigenvalue weighted by Crippen LogP contribution is -1.93. The molecule has 0 nitrogen and oxygen atoms in total. The molecule has 0 unspecified atom stereocenters. The lowest BCUT2D eigenvalue weighted by molar-refractivity contribution is 1.64. The zero-order valence-electron chi connectivity index (χ0n) is 50.0. The monoisotopic (exact) mass is 584 g/mol. The Balaban J connectivity index is 1.79. The molecule has 0 radical (unpaired) electrons. The van der Waals surface area contributed by atoms with Crippen molar-refractivity contribution in [2.75, 3.05) is 0 Å². The van der Waals surface area contributed by atoms with Crippen LogP contribution in [0.5, 0.6) is 0 Å². The van der Waals surface area contributed by atoms with Gasteiger partial charge in [-0.25, -0.2) is 0 Å². The van der Waals surface area contributed by atoms with Gasteiger partial charge in [0.15, 0.2) is 0 Å². The van der Waals surface area contributed by atoms with Crippen LogP contribution in [0.25, 0.3) is 87.2 Å². The molecule has 0 atom stereocenters. The Hall–Kier alpha value is -5.72. The predicted octanol–water partition coefficient (Wildman–Crippen LogP) is 12.5. The molecule has 0 amide bonds. The van der Waals surface area contributed by atoms with E-state index in [0.717, 1.165) is 0 Å². The summed E-state index contributed by atoms with van der Waals surface area (Å²) in [6, 6.07) is -27.5. The third-order valence-corrected chi connectivity index (χ3v) is 7.19. The smallest absolute Gasteiger partial charge is 0.0622 e. The zero-order chi connectivity index (χ0) is 53.4. The highest BCUT2D eigenvalue weighted by Gasteiger charge is 2.20. The molecule has 0 aliphatic heterocycles. The van der Waals surface area contributed by atoms with Crippen LogP contribution in [0.2, 0.25) is 0 Å². The molecule has 0 bridgehead atoms. The van der Waals surface area contributed by atoms with Gasteiger partial charge in [0.2, 0.25) is 0 Å². The predicted molar refractivity (Wildman–Crippen MR) is 190 cm³/mol. The summed E-state index contributed by atoms with van der Waals surface area (Å²) in [5.41, 5.74) is -4.97. The average Bonchev–Trinajstić information content (AvgIpc) is 3.35. The van der Waals surface area contributed by atoms with Crippen molar-refractivity contribution in [2.24, 2.45) is 0 Å². The number of benzene rings is 9. The van der Waals surface area contributed by atoms with Crippen LogP contribution >= 0.6 is 0 Å². The molecule has 0 heteroatoms. The minimum atomic E-state index is -1.13. The Kier molecular flexibility index (Phi) is 2.18. The third-order valence-electron chi connectivity index (χ3n) is 7.19. The molecule has 0 heterocycles. The standard InChI is InChI=1S/C44H28/c1-2-13-29(14-3-1)31-25-26-40-42(27-31)43(37-24-12-17-30-15-4-6-18-33(30)37)38-22-10-11-23-39(38)44(40)41-28-32-16-5-7-19-34(32)35-20-8-9-21-36(35)41/h1-28H/i1D,2D,3D,4D,5D,6D,7D,8D,9D,10D,11D,12D,13D,14D,15D,16D,17D,18D,19D,20D,21D,22D,23D,24D,25D,26D,27D,28D. The molecule has 0 spiro atoms. The van der Waals surface area contributed by atoms with Gasteiger partial charge < -0.3 is 0 Å². The van der Waals surface area contributed by atoms with Crippen molar-refractivity contribution in [1.82, 2.24) is 0 Å². The minimum Gasteiger partial charge on any atom is -0.0622 e. The molecule has 0 fully saturated rings. The molecule has 9 aromatic carbocycles. The average molecular weight is 585 g/mol. The van der Waals surface area contributed by atoms with Gasteiger partial charge in [0, 0.05) is 0 Å². The summed E-state index contributed by atoms with van der Waals surface area (Å²) >= 11 is 0. The lowest BCUT2D eigenvalue weighted by atomic mass is 9.82. The third kappa shape index (κ3) is 3.78. The van der Waals surface area contributed by atoms with Gasteiger partial charge in [-0.2, -0.15) is 0 Å². The van der Waals surface area contributed by atoms with Gasteiger partial charge in [0.25, 0.3) is 0 Å². The van der Waals surface area contributed by atoms with Crippen LogP contribution in [0.1, 0.15) is 38.4 Å². The van der Waals surface area contributed by atoms with Crippen LogP contribution in [-0.2, 0) is 0 Å². The fourth-order valence-electron chi connectivity index (χ4n) is 5.38. The minimum absolute atomic E-state index is 0.585. The van der Waals surface area contributed by atoms with Gasteiger partial charge in [-0.3, -0.25) is 0 Å². The summed E-state index contributed by atoms with van der Waals surface area (Å²) in [6.07, 6.45) is 0. The van der Waals surface area contributed by atoms with Crippen LogP contribution < -0.4 is 0 Å². The summed E-state index contributed by atoms with van der Waals surface area (Å²) in [7, 11) is 0. The Bertz CT molecular complexity index is 4080. The maximum Gasteiger partial charge on any atom is 0.0636 e. The van der Waals surface area contributed by atoms with E-state index in [9.17, 15) is 12.3 Å². The fourth-order valence-corrected chi connectivity index (χ4v) is 5.38. The molecule has 9 rings (SSSR count). The normalized spacial score (nSPS) is 20.5. The van der Waals surface area contributed by atoms with Crippen molar-refractivity contribution in [1.29, 1.82) is 0 Å². The van der Waals surface area contributed by atoms with E-state index < -0.39 is 256 Å². The van der Waals surface area contributed by atoms with Crippen LogP contribution in [0, 0.1) is 0 Å². The Morgan fingerprint density at radius 1 is 0.273 bits per heavy atom. The van der Waals surface area contributed by atoms with E-state index in [4.69, 9.17) is 26.0 Å². The van der Waals surface area contributed by atoms with Crippen molar-refractivity contribution in [3.05, 3.63) is 169 Å². The number of hydrogen-bond acceptors (Lipinski definition) is 0. The van der Waals surface area contributed by atoms with Crippen LogP contribution in [0.3, 0.4) is 0 Å². The highest BCUT2D eigenvalue weighted by atomic mass is 14.2. The van der Waals surface area contributed by atoms with Crippen molar-refractivity contribution in [3.63, 3.8) is 0 Å². The number of fused-ring (bicyclic) bond motifs is 6. The number of rotatable bonds is 3. The van der Waals surface area contributed by atoms with E-state index in [1.807, 2.05) is 0 Å². The summed E-state index contributed by atoms with van der Waals surface area (Å²) in [5.74, 6) is 0. The Labute approximate surface area is 295 Å². The summed E-state index contributed by atoms with van der Waals surface area (Å²) < 4.78 is 253. The first-order chi connectivity index (χ1) is 33.5. The topological polar surface area (TPSA) is 0 Å². The number of hydrogen-bond donors (Lipinski definition) is 0. The molecule has 0 aliphatic carbocycles. The van der Waals surface area contributed by atoms with Crippen molar-refractivity contribution < 1.29 is 38.4 Å². The van der Waals surface area contributed by atoms with E-state index in [0.29, 0.717) is 0 Å². The molecular weight excluding hydrogens is 528 g/mol. The molecule has 0 saturated heterocycles. The molecule has 0 aromatic heterocycles. The Morgan fingerprint density at radius 3 is 1.59 bits per heavy atom. The maximum absolute atomic E-state index is 10.1. The first-order valence-corrected chi connectivity index (χ1v) is 13.0. The lowest BCUT2D eigenvalue weighted by Gasteiger charge is -2.21. The second-order valence-electron chi connectivity index (χ2n) is 9.50. The van der Waals surface area contributed by atoms with Gasteiger partial charge in [0.05, 0.1) is 38.4 Å². The summed E-state index contributed by atoms with van der Waals surface area (Å²) in [6.45, 7) is 0. The zero-order valence-corrected chi connectivity index (χ0v) is 22.0. The van der Waals surface area contributed by atoms with Crippen molar-refractivity contribution >= 4 is 53.9 Å². The first kappa shape index (κ1) is 9.64. The molecule has 204 valence electrons. The first-order valence-electron chi connectivity index (χ1n) is 27.0. The Morgan fingerprint density at radius 2 is 0.818 bits per heavy atom. The molecule has 0 saturated carbocycles. The second kappa shape index (κ2) is 9.93. The molecule has 44 heavy (non-hydrogen) atoms. The maximum atomic E-state index is 10.1. The highest BCUT2D eigenvalue weighted by molar-refractivity contribution is 6.27. The van der Waals surface area contributed by atoms with Crippen LogP contribution in [0.15, 0.2) is 169 Å². The molecule has 0 N–H and O–H groups in total. The van der Waals surface area contributed by atoms with Crippen LogP contribution in [-0.4, -0.2) is 0 Å². The van der Waals surface area contributed by atoms with E-state index in [1.54, 1.807) is 0 Å². The van der Waals surface area contributed by atoms with Gasteiger partial charge in [-0.05, 0) is 99.3 Å². The largest absolute Gasteiger partial charge is 0.0636 e. The van der Waals surface area contributed by atoms with E-state index in [2.05, 4.69) is 0 Å². The van der Waals surface area contributed by atoms with Gasteiger partial charge >= 0.3 is 0 Å². The molecular formula is C44H28.